The smallest absolute Gasteiger partial charge is 0.270 e. The van der Waals surface area contributed by atoms with E-state index in [4.69, 9.17) is 23.8 Å². The summed E-state index contributed by atoms with van der Waals surface area (Å²) >= 11 is 11.8. The molecular weight excluding hydrogens is 473 g/mol. The minimum absolute atomic E-state index is 0.0313. The van der Waals surface area contributed by atoms with E-state index in [0.29, 0.717) is 10.6 Å². The van der Waals surface area contributed by atoms with Crippen molar-refractivity contribution in [3.8, 4) is 0 Å². The maximum absolute atomic E-state index is 14.4. The Labute approximate surface area is 208 Å². The summed E-state index contributed by atoms with van der Waals surface area (Å²) in [5.74, 6) is -1.99. The molecule has 0 saturated carbocycles. The Morgan fingerprint density at radius 3 is 2.56 bits per heavy atom. The quantitative estimate of drug-likeness (QED) is 0.333. The molecule has 1 N–H and O–H groups in total. The van der Waals surface area contributed by atoms with Crippen LogP contribution in [0.25, 0.3) is 11.6 Å². The van der Waals surface area contributed by atoms with E-state index in [9.17, 15) is 14.0 Å². The lowest BCUT2D eigenvalue weighted by Crippen LogP contribution is -2.54. The largest absolute Gasteiger partial charge is 0.362 e. The van der Waals surface area contributed by atoms with Crippen LogP contribution in [-0.4, -0.2) is 29.0 Å². The van der Waals surface area contributed by atoms with E-state index in [1.807, 2.05) is 19.1 Å². The number of carbonyl (C=O) groups excluding carboxylic acids is 2. The summed E-state index contributed by atoms with van der Waals surface area (Å²) in [6.45, 7) is 9.33. The Morgan fingerprint density at radius 1 is 1.18 bits per heavy atom. The monoisotopic (exact) mass is 497 g/mol. The zero-order chi connectivity index (χ0) is 24.8. The summed E-state index contributed by atoms with van der Waals surface area (Å²) in [4.78, 5) is 29.3. The fourth-order valence-corrected chi connectivity index (χ4v) is 5.01. The standard InChI is InChI=1S/C26H25ClFN3O2S/c1-5-10-30-22-13-19(27)16(11-17(22)15(2)14-26(30,3)4)12-18-23(32)29-25(34)31(24(18)33)21-9-7-6-8-20(21)28/h6-9,11-14H,5,10H2,1-4H3,(H,29,32,34)/b18-12-. The van der Waals surface area contributed by atoms with E-state index >= 15 is 0 Å². The molecule has 1 fully saturated rings. The highest BCUT2D eigenvalue weighted by Crippen LogP contribution is 2.42. The van der Waals surface area contributed by atoms with Crippen LogP contribution in [0, 0.1) is 5.82 Å². The third kappa shape index (κ3) is 4.14. The molecule has 2 aromatic carbocycles. The lowest BCUT2D eigenvalue weighted by Gasteiger charge is -2.43. The van der Waals surface area contributed by atoms with E-state index in [1.54, 1.807) is 6.07 Å². The second kappa shape index (κ2) is 8.96. The van der Waals surface area contributed by atoms with Crippen molar-refractivity contribution in [2.24, 2.45) is 0 Å². The van der Waals surface area contributed by atoms with Gasteiger partial charge in [-0.15, -0.1) is 0 Å². The van der Waals surface area contributed by atoms with Crippen LogP contribution in [-0.2, 0) is 9.59 Å². The Morgan fingerprint density at radius 2 is 1.88 bits per heavy atom. The number of nitrogens with one attached hydrogen (secondary N) is 1. The van der Waals surface area contributed by atoms with Crippen molar-refractivity contribution in [3.63, 3.8) is 0 Å². The molecule has 0 unspecified atom stereocenters. The van der Waals surface area contributed by atoms with E-state index in [-0.39, 0.29) is 21.9 Å². The zero-order valence-electron chi connectivity index (χ0n) is 19.4. The number of fused-ring (bicyclic) bond motifs is 1. The van der Waals surface area contributed by atoms with E-state index in [0.717, 1.165) is 34.7 Å². The highest BCUT2D eigenvalue weighted by molar-refractivity contribution is 7.80. The first-order chi connectivity index (χ1) is 16.0. The van der Waals surface area contributed by atoms with E-state index < -0.39 is 17.6 Å². The number of amides is 2. The molecule has 176 valence electrons. The molecule has 34 heavy (non-hydrogen) atoms. The molecule has 0 aromatic heterocycles. The van der Waals surface area contributed by atoms with E-state index in [1.165, 1.54) is 24.3 Å². The predicted molar refractivity (Wildman–Crippen MR) is 139 cm³/mol. The second-order valence-electron chi connectivity index (χ2n) is 8.93. The lowest BCUT2D eigenvalue weighted by atomic mass is 9.87. The number of nitrogens with zero attached hydrogens (tertiary/aromatic N) is 2. The van der Waals surface area contributed by atoms with Gasteiger partial charge in [-0.25, -0.2) is 9.29 Å². The van der Waals surface area contributed by atoms with Crippen molar-refractivity contribution in [2.45, 2.75) is 39.7 Å². The van der Waals surface area contributed by atoms with Crippen LogP contribution in [0.1, 0.15) is 45.2 Å². The predicted octanol–water partition coefficient (Wildman–Crippen LogP) is 5.72. The summed E-state index contributed by atoms with van der Waals surface area (Å²) in [7, 11) is 0. The van der Waals surface area contributed by atoms with Crippen LogP contribution in [0.15, 0.2) is 48.0 Å². The Bertz CT molecular complexity index is 1280. The number of halogens is 2. The number of thiocarbonyl (C=S) groups is 1. The average molecular weight is 498 g/mol. The highest BCUT2D eigenvalue weighted by atomic mass is 35.5. The number of anilines is 2. The van der Waals surface area contributed by atoms with Crippen LogP contribution in [0.2, 0.25) is 5.02 Å². The molecule has 5 nitrogen and oxygen atoms in total. The van der Waals surface area contributed by atoms with Crippen molar-refractivity contribution in [2.75, 3.05) is 16.3 Å². The lowest BCUT2D eigenvalue weighted by molar-refractivity contribution is -0.122. The summed E-state index contributed by atoms with van der Waals surface area (Å²) in [5, 5.41) is 2.71. The van der Waals surface area contributed by atoms with Crippen LogP contribution in [0.3, 0.4) is 0 Å². The minimum atomic E-state index is -0.714. The first kappa shape index (κ1) is 24.1. The molecule has 1 saturated heterocycles. The number of rotatable bonds is 4. The van der Waals surface area contributed by atoms with Gasteiger partial charge in [0.15, 0.2) is 5.11 Å². The fourth-order valence-electron chi connectivity index (χ4n) is 4.52. The van der Waals surface area contributed by atoms with Crippen molar-refractivity contribution in [1.29, 1.82) is 0 Å². The number of allylic oxidation sites excluding steroid dienone is 1. The van der Waals surface area contributed by atoms with Gasteiger partial charge in [0, 0.05) is 22.8 Å². The third-order valence-corrected chi connectivity index (χ3v) is 6.65. The van der Waals surface area contributed by atoms with Gasteiger partial charge in [0.25, 0.3) is 11.8 Å². The first-order valence-electron chi connectivity index (χ1n) is 11.0. The molecule has 2 aliphatic rings. The van der Waals surface area contributed by atoms with Gasteiger partial charge in [0.05, 0.1) is 11.2 Å². The molecular formula is C26H25ClFN3O2S. The van der Waals surface area contributed by atoms with Crippen molar-refractivity contribution in [1.82, 2.24) is 5.32 Å². The first-order valence-corrected chi connectivity index (χ1v) is 11.8. The van der Waals surface area contributed by atoms with Gasteiger partial charge in [0.2, 0.25) is 0 Å². The molecule has 0 radical (unpaired) electrons. The molecule has 2 aromatic rings. The van der Waals surface area contributed by atoms with Gasteiger partial charge >= 0.3 is 0 Å². The summed E-state index contributed by atoms with van der Waals surface area (Å²) < 4.78 is 14.4. The molecule has 0 atom stereocenters. The normalized spacial score (nSPS) is 18.7. The van der Waals surface area contributed by atoms with Gasteiger partial charge in [-0.2, -0.15) is 0 Å². The number of hydrogen-bond acceptors (Lipinski definition) is 4. The summed E-state index contributed by atoms with van der Waals surface area (Å²) in [5.41, 5.74) is 3.20. The maximum Gasteiger partial charge on any atom is 0.270 e. The Kier molecular flexibility index (Phi) is 6.36. The molecule has 2 aliphatic heterocycles. The van der Waals surface area contributed by atoms with Gasteiger partial charge in [-0.3, -0.25) is 14.9 Å². The maximum atomic E-state index is 14.4. The van der Waals surface area contributed by atoms with Crippen LogP contribution < -0.4 is 15.1 Å². The van der Waals surface area contributed by atoms with Crippen molar-refractivity contribution >= 4 is 63.8 Å². The minimum Gasteiger partial charge on any atom is -0.362 e. The van der Waals surface area contributed by atoms with Crippen LogP contribution in [0.5, 0.6) is 0 Å². The van der Waals surface area contributed by atoms with Crippen LogP contribution in [0.4, 0.5) is 15.8 Å². The number of carbonyl (C=O) groups is 2. The molecule has 8 heteroatoms. The molecule has 0 bridgehead atoms. The molecule has 0 spiro atoms. The average Bonchev–Trinajstić information content (AvgIpc) is 2.75. The summed E-state index contributed by atoms with van der Waals surface area (Å²) in [6.07, 6.45) is 4.61. The molecule has 2 amide bonds. The second-order valence-corrected chi connectivity index (χ2v) is 9.73. The molecule has 4 rings (SSSR count). The van der Waals surface area contributed by atoms with Gasteiger partial charge in [0.1, 0.15) is 11.4 Å². The number of hydrogen-bond donors (Lipinski definition) is 1. The fraction of sp³-hybridized carbons (Fsp3) is 0.269. The third-order valence-electron chi connectivity index (χ3n) is 6.04. The zero-order valence-corrected chi connectivity index (χ0v) is 21.0. The van der Waals surface area contributed by atoms with Gasteiger partial charge in [-0.1, -0.05) is 36.7 Å². The van der Waals surface area contributed by atoms with Gasteiger partial charge in [-0.05, 0) is 80.9 Å². The topological polar surface area (TPSA) is 52.7 Å². The van der Waals surface area contributed by atoms with Crippen LogP contribution >= 0.6 is 23.8 Å². The Balaban J connectivity index is 1.80. The molecule has 2 heterocycles. The van der Waals surface area contributed by atoms with Gasteiger partial charge < -0.3 is 4.90 Å². The summed E-state index contributed by atoms with van der Waals surface area (Å²) in [6, 6.07) is 9.52. The van der Waals surface area contributed by atoms with E-state index in [2.05, 4.69) is 37.1 Å². The van der Waals surface area contributed by atoms with Crippen molar-refractivity contribution < 1.29 is 14.0 Å². The number of benzene rings is 2. The molecule has 0 aliphatic carbocycles. The van der Waals surface area contributed by atoms with Crippen molar-refractivity contribution in [3.05, 3.63) is 70.0 Å². The number of para-hydroxylation sites is 1. The Hall–Kier alpha value is -3.03. The SMILES string of the molecule is CCCN1c2cc(Cl)c(/C=C3/C(=O)NC(=S)N(c4ccccc4F)C3=O)cc2C(C)=CC1(C)C. The highest BCUT2D eigenvalue weighted by Gasteiger charge is 2.36.